The number of nitrogens with zero attached hydrogens (tertiary/aromatic N) is 2. The Bertz CT molecular complexity index is 1040. The van der Waals surface area contributed by atoms with Gasteiger partial charge in [0.25, 0.3) is 0 Å². The summed E-state index contributed by atoms with van der Waals surface area (Å²) in [5.41, 5.74) is 3.68. The zero-order valence-electron chi connectivity index (χ0n) is 15.7. The lowest BCUT2D eigenvalue weighted by atomic mass is 10.1. The lowest BCUT2D eigenvalue weighted by Crippen LogP contribution is -2.27. The predicted octanol–water partition coefficient (Wildman–Crippen LogP) is 3.19. The molecule has 0 aliphatic rings. The quantitative estimate of drug-likeness (QED) is 0.559. The SMILES string of the molecule is CC(=O)Nc1ccc(CNC(=O)Cn2c(-c3ccc(C)cc3)n[nH]c2=S)cc1. The van der Waals surface area contributed by atoms with Crippen molar-refractivity contribution in [3.8, 4) is 11.4 Å². The second kappa shape index (κ2) is 8.62. The summed E-state index contributed by atoms with van der Waals surface area (Å²) in [7, 11) is 0. The molecule has 3 aromatic rings. The first-order valence-corrected chi connectivity index (χ1v) is 9.18. The predicted molar refractivity (Wildman–Crippen MR) is 110 cm³/mol. The molecule has 0 saturated carbocycles. The number of H-pyrrole nitrogens is 1. The van der Waals surface area contributed by atoms with Crippen LogP contribution in [0.15, 0.2) is 48.5 Å². The largest absolute Gasteiger partial charge is 0.350 e. The highest BCUT2D eigenvalue weighted by molar-refractivity contribution is 7.71. The minimum absolute atomic E-state index is 0.0719. The Hall–Kier alpha value is -3.26. The van der Waals surface area contributed by atoms with Crippen molar-refractivity contribution in [2.45, 2.75) is 26.9 Å². The molecule has 0 unspecified atom stereocenters. The topological polar surface area (TPSA) is 91.8 Å². The average molecular weight is 395 g/mol. The van der Waals surface area contributed by atoms with E-state index < -0.39 is 0 Å². The fraction of sp³-hybridized carbons (Fsp3) is 0.200. The van der Waals surface area contributed by atoms with Gasteiger partial charge in [0.15, 0.2) is 10.6 Å². The Morgan fingerprint density at radius 1 is 1.11 bits per heavy atom. The Labute approximate surface area is 167 Å². The first kappa shape index (κ1) is 19.5. The van der Waals surface area contributed by atoms with Crippen molar-refractivity contribution < 1.29 is 9.59 Å². The lowest BCUT2D eigenvalue weighted by Gasteiger charge is -2.09. The van der Waals surface area contributed by atoms with E-state index in [1.807, 2.05) is 43.3 Å². The summed E-state index contributed by atoms with van der Waals surface area (Å²) in [5.74, 6) is 0.332. The first-order chi connectivity index (χ1) is 13.4. The summed E-state index contributed by atoms with van der Waals surface area (Å²) in [5, 5.41) is 12.6. The summed E-state index contributed by atoms with van der Waals surface area (Å²) in [6.45, 7) is 3.92. The molecule has 0 aliphatic carbocycles. The molecule has 0 spiro atoms. The number of carbonyl (C=O) groups excluding carboxylic acids is 2. The number of amides is 2. The van der Waals surface area contributed by atoms with Crippen LogP contribution in [0.25, 0.3) is 11.4 Å². The van der Waals surface area contributed by atoms with Gasteiger partial charge in [-0.2, -0.15) is 5.10 Å². The van der Waals surface area contributed by atoms with Crippen LogP contribution in [0, 0.1) is 11.7 Å². The zero-order valence-corrected chi connectivity index (χ0v) is 16.5. The van der Waals surface area contributed by atoms with Crippen LogP contribution >= 0.6 is 12.2 Å². The third-order valence-corrected chi connectivity index (χ3v) is 4.45. The third kappa shape index (κ3) is 4.92. The van der Waals surface area contributed by atoms with E-state index >= 15 is 0 Å². The highest BCUT2D eigenvalue weighted by Gasteiger charge is 2.12. The van der Waals surface area contributed by atoms with Crippen LogP contribution in [0.1, 0.15) is 18.1 Å². The van der Waals surface area contributed by atoms with Gasteiger partial charge in [0.2, 0.25) is 11.8 Å². The van der Waals surface area contributed by atoms with E-state index in [1.54, 1.807) is 16.7 Å². The number of aromatic amines is 1. The van der Waals surface area contributed by atoms with Crippen molar-refractivity contribution in [3.05, 3.63) is 64.4 Å². The highest BCUT2D eigenvalue weighted by Crippen LogP contribution is 2.18. The smallest absolute Gasteiger partial charge is 0.240 e. The van der Waals surface area contributed by atoms with Crippen LogP contribution in [-0.2, 0) is 22.7 Å². The van der Waals surface area contributed by atoms with Crippen LogP contribution in [-0.4, -0.2) is 26.6 Å². The molecule has 0 atom stereocenters. The van der Waals surface area contributed by atoms with E-state index in [2.05, 4.69) is 20.8 Å². The molecule has 0 saturated heterocycles. The molecule has 0 radical (unpaired) electrons. The number of benzene rings is 2. The van der Waals surface area contributed by atoms with Crippen molar-refractivity contribution in [3.63, 3.8) is 0 Å². The molecule has 0 bridgehead atoms. The zero-order chi connectivity index (χ0) is 20.1. The van der Waals surface area contributed by atoms with E-state index in [4.69, 9.17) is 12.2 Å². The molecule has 28 heavy (non-hydrogen) atoms. The number of nitrogens with one attached hydrogen (secondary N) is 3. The van der Waals surface area contributed by atoms with Gasteiger partial charge < -0.3 is 10.6 Å². The number of hydrogen-bond donors (Lipinski definition) is 3. The van der Waals surface area contributed by atoms with Gasteiger partial charge in [0.05, 0.1) is 0 Å². The van der Waals surface area contributed by atoms with E-state index in [-0.39, 0.29) is 18.4 Å². The molecule has 2 amide bonds. The van der Waals surface area contributed by atoms with E-state index in [0.29, 0.717) is 17.1 Å². The van der Waals surface area contributed by atoms with E-state index in [1.165, 1.54) is 6.92 Å². The van der Waals surface area contributed by atoms with Gasteiger partial charge in [-0.15, -0.1) is 0 Å². The number of aryl methyl sites for hydroxylation is 1. The fourth-order valence-corrected chi connectivity index (χ4v) is 2.89. The Balaban J connectivity index is 1.64. The minimum atomic E-state index is -0.170. The maximum Gasteiger partial charge on any atom is 0.240 e. The fourth-order valence-electron chi connectivity index (χ4n) is 2.70. The molecule has 3 rings (SSSR count). The van der Waals surface area contributed by atoms with Crippen LogP contribution < -0.4 is 10.6 Å². The number of aromatic nitrogens is 3. The van der Waals surface area contributed by atoms with Crippen LogP contribution in [0.2, 0.25) is 0 Å². The molecule has 0 fully saturated rings. The second-order valence-electron chi connectivity index (χ2n) is 6.46. The number of anilines is 1. The van der Waals surface area contributed by atoms with Gasteiger partial charge in [-0.25, -0.2) is 0 Å². The number of rotatable bonds is 6. The molecule has 144 valence electrons. The summed E-state index contributed by atoms with van der Waals surface area (Å²) in [6, 6.07) is 15.2. The Kier molecular flexibility index (Phi) is 6.00. The van der Waals surface area contributed by atoms with Crippen molar-refractivity contribution in [2.24, 2.45) is 0 Å². The minimum Gasteiger partial charge on any atom is -0.350 e. The molecule has 7 nitrogen and oxygen atoms in total. The van der Waals surface area contributed by atoms with Crippen molar-refractivity contribution in [1.29, 1.82) is 0 Å². The summed E-state index contributed by atoms with van der Waals surface area (Å²) < 4.78 is 2.07. The molecule has 0 aliphatic heterocycles. The molecular weight excluding hydrogens is 374 g/mol. The maximum atomic E-state index is 12.4. The first-order valence-electron chi connectivity index (χ1n) is 8.78. The highest BCUT2D eigenvalue weighted by atomic mass is 32.1. The van der Waals surface area contributed by atoms with Crippen LogP contribution in [0.5, 0.6) is 0 Å². The normalized spacial score (nSPS) is 10.5. The Morgan fingerprint density at radius 3 is 2.43 bits per heavy atom. The van der Waals surface area contributed by atoms with Crippen molar-refractivity contribution in [1.82, 2.24) is 20.1 Å². The lowest BCUT2D eigenvalue weighted by molar-refractivity contribution is -0.121. The van der Waals surface area contributed by atoms with Crippen LogP contribution in [0.3, 0.4) is 0 Å². The molecular formula is C20H21N5O2S. The molecule has 3 N–H and O–H groups in total. The summed E-state index contributed by atoms with van der Waals surface area (Å²) in [6.07, 6.45) is 0. The van der Waals surface area contributed by atoms with E-state index in [0.717, 1.165) is 22.4 Å². The summed E-state index contributed by atoms with van der Waals surface area (Å²) >= 11 is 5.27. The maximum absolute atomic E-state index is 12.4. The van der Waals surface area contributed by atoms with Crippen LogP contribution in [0.4, 0.5) is 5.69 Å². The monoisotopic (exact) mass is 395 g/mol. The van der Waals surface area contributed by atoms with Gasteiger partial charge in [-0.3, -0.25) is 19.3 Å². The van der Waals surface area contributed by atoms with Crippen molar-refractivity contribution >= 4 is 29.7 Å². The van der Waals surface area contributed by atoms with Gasteiger partial charge in [-0.1, -0.05) is 42.0 Å². The van der Waals surface area contributed by atoms with E-state index in [9.17, 15) is 9.59 Å². The molecule has 1 aromatic heterocycles. The molecule has 2 aromatic carbocycles. The second-order valence-corrected chi connectivity index (χ2v) is 6.85. The van der Waals surface area contributed by atoms with Gasteiger partial charge in [0, 0.05) is 24.7 Å². The number of hydrogen-bond acceptors (Lipinski definition) is 4. The molecule has 8 heteroatoms. The Morgan fingerprint density at radius 2 is 1.79 bits per heavy atom. The number of carbonyl (C=O) groups is 2. The van der Waals surface area contributed by atoms with Gasteiger partial charge in [-0.05, 0) is 36.8 Å². The van der Waals surface area contributed by atoms with Crippen molar-refractivity contribution in [2.75, 3.05) is 5.32 Å². The molecule has 1 heterocycles. The standard InChI is InChI=1S/C20H21N5O2S/c1-13-3-7-16(8-4-13)19-23-24-20(28)25(19)12-18(27)21-11-15-5-9-17(10-6-15)22-14(2)26/h3-10H,11-12H2,1-2H3,(H,21,27)(H,22,26)(H,24,28). The third-order valence-electron chi connectivity index (χ3n) is 4.13. The summed E-state index contributed by atoms with van der Waals surface area (Å²) in [4.78, 5) is 23.5. The van der Waals surface area contributed by atoms with Gasteiger partial charge in [0.1, 0.15) is 6.54 Å². The van der Waals surface area contributed by atoms with Gasteiger partial charge >= 0.3 is 0 Å². The average Bonchev–Trinajstić information content (AvgIpc) is 3.02.